The molecule has 0 atom stereocenters. The van der Waals surface area contributed by atoms with Crippen LogP contribution in [0, 0.1) is 35.3 Å². The zero-order chi connectivity index (χ0) is 21.5. The van der Waals surface area contributed by atoms with Crippen LogP contribution in [-0.4, -0.2) is 6.61 Å². The van der Waals surface area contributed by atoms with Crippen LogP contribution in [0.4, 0.5) is 17.6 Å². The van der Waals surface area contributed by atoms with E-state index in [9.17, 15) is 17.6 Å². The largest absolute Gasteiger partial charge is 0.432 e. The van der Waals surface area contributed by atoms with Gasteiger partial charge in [-0.1, -0.05) is 57.9 Å². The Balaban J connectivity index is 1.41. The lowest BCUT2D eigenvalue weighted by Crippen LogP contribution is -2.26. The molecule has 170 valence electrons. The molecule has 2 aliphatic rings. The van der Waals surface area contributed by atoms with Gasteiger partial charge in [-0.05, 0) is 73.8 Å². The minimum Gasteiger partial charge on any atom is -0.432 e. The molecule has 5 heteroatoms. The van der Waals surface area contributed by atoms with Gasteiger partial charge in [0, 0.05) is 0 Å². The first kappa shape index (κ1) is 23.4. The Labute approximate surface area is 178 Å². The number of hydrogen-bond donors (Lipinski definition) is 0. The van der Waals surface area contributed by atoms with E-state index in [1.165, 1.54) is 63.9 Å². The Morgan fingerprint density at radius 3 is 1.93 bits per heavy atom. The van der Waals surface area contributed by atoms with Crippen molar-refractivity contribution in [3.05, 3.63) is 29.3 Å². The van der Waals surface area contributed by atoms with Crippen molar-refractivity contribution in [2.45, 2.75) is 97.0 Å². The van der Waals surface area contributed by atoms with Gasteiger partial charge in [0.2, 0.25) is 5.82 Å². The molecule has 2 fully saturated rings. The van der Waals surface area contributed by atoms with E-state index in [2.05, 4.69) is 11.7 Å². The summed E-state index contributed by atoms with van der Waals surface area (Å²) in [4.78, 5) is 0. The number of aryl methyl sites for hydroxylation is 1. The molecule has 0 heterocycles. The fourth-order valence-electron chi connectivity index (χ4n) is 5.70. The maximum atomic E-state index is 14.2. The number of ether oxygens (including phenoxy) is 1. The highest BCUT2D eigenvalue weighted by atomic mass is 19.3. The molecule has 30 heavy (non-hydrogen) atoms. The molecule has 2 aliphatic carbocycles. The molecule has 0 saturated heterocycles. The van der Waals surface area contributed by atoms with Gasteiger partial charge in [0.25, 0.3) is 0 Å². The van der Waals surface area contributed by atoms with Crippen molar-refractivity contribution in [3.63, 3.8) is 0 Å². The number of alkyl halides is 2. The molecule has 0 amide bonds. The van der Waals surface area contributed by atoms with Gasteiger partial charge in [0.15, 0.2) is 11.6 Å². The number of halogens is 4. The van der Waals surface area contributed by atoms with Crippen LogP contribution in [0.1, 0.15) is 89.5 Å². The second-order valence-corrected chi connectivity index (χ2v) is 9.47. The van der Waals surface area contributed by atoms with Crippen molar-refractivity contribution < 1.29 is 22.3 Å². The molecular formula is C25H36F4O. The first-order chi connectivity index (χ1) is 14.5. The van der Waals surface area contributed by atoms with Crippen molar-refractivity contribution in [2.75, 3.05) is 0 Å². The number of rotatable bonds is 9. The Morgan fingerprint density at radius 2 is 1.40 bits per heavy atom. The topological polar surface area (TPSA) is 9.23 Å². The first-order valence-electron chi connectivity index (χ1n) is 11.9. The Morgan fingerprint density at radius 1 is 0.833 bits per heavy atom. The van der Waals surface area contributed by atoms with Gasteiger partial charge in [0.1, 0.15) is 0 Å². The molecule has 0 N–H and O–H groups in total. The van der Waals surface area contributed by atoms with Crippen molar-refractivity contribution in [2.24, 2.45) is 23.7 Å². The van der Waals surface area contributed by atoms with Crippen LogP contribution in [0.2, 0.25) is 0 Å². The second kappa shape index (κ2) is 11.4. The number of benzene rings is 1. The van der Waals surface area contributed by atoms with E-state index in [1.807, 2.05) is 0 Å². The number of hydrogen-bond acceptors (Lipinski definition) is 1. The summed E-state index contributed by atoms with van der Waals surface area (Å²) in [5.74, 6) is 0.127. The Hall–Kier alpha value is -1.26. The smallest absolute Gasteiger partial charge is 0.387 e. The van der Waals surface area contributed by atoms with Crippen LogP contribution in [0.3, 0.4) is 0 Å². The normalized spacial score (nSPS) is 27.4. The van der Waals surface area contributed by atoms with Crippen molar-refractivity contribution in [1.29, 1.82) is 0 Å². The van der Waals surface area contributed by atoms with Gasteiger partial charge in [-0.25, -0.2) is 4.39 Å². The zero-order valence-electron chi connectivity index (χ0n) is 18.2. The predicted octanol–water partition coefficient (Wildman–Crippen LogP) is 8.30. The molecule has 2 saturated carbocycles. The molecule has 0 radical (unpaired) electrons. The average molecular weight is 429 g/mol. The van der Waals surface area contributed by atoms with Crippen LogP contribution in [0.15, 0.2) is 12.1 Å². The molecular weight excluding hydrogens is 392 g/mol. The summed E-state index contributed by atoms with van der Waals surface area (Å²) in [7, 11) is 0. The predicted molar refractivity (Wildman–Crippen MR) is 112 cm³/mol. The molecule has 0 bridgehead atoms. The van der Waals surface area contributed by atoms with E-state index >= 15 is 0 Å². The lowest BCUT2D eigenvalue weighted by molar-refractivity contribution is -0.0525. The van der Waals surface area contributed by atoms with Gasteiger partial charge < -0.3 is 4.74 Å². The van der Waals surface area contributed by atoms with E-state index in [1.54, 1.807) is 0 Å². The van der Waals surface area contributed by atoms with Gasteiger partial charge in [-0.15, -0.1) is 0 Å². The molecule has 1 aromatic rings. The maximum absolute atomic E-state index is 14.2. The van der Waals surface area contributed by atoms with Crippen LogP contribution in [0.25, 0.3) is 0 Å². The monoisotopic (exact) mass is 428 g/mol. The minimum absolute atomic E-state index is 0.252. The summed E-state index contributed by atoms with van der Waals surface area (Å²) >= 11 is 0. The van der Waals surface area contributed by atoms with Crippen LogP contribution >= 0.6 is 0 Å². The van der Waals surface area contributed by atoms with Gasteiger partial charge in [-0.2, -0.15) is 13.2 Å². The Bertz CT molecular complexity index is 647. The van der Waals surface area contributed by atoms with Crippen molar-refractivity contribution in [3.8, 4) is 5.75 Å². The first-order valence-corrected chi connectivity index (χ1v) is 11.9. The molecule has 0 aliphatic heterocycles. The summed E-state index contributed by atoms with van der Waals surface area (Å²) in [5, 5.41) is 0. The molecule has 1 aromatic carbocycles. The quantitative estimate of drug-likeness (QED) is 0.359. The minimum atomic E-state index is -3.16. The standard InChI is InChI=1S/C25H36F4O/c1-2-3-4-17-5-10-19(11-6-17)20-12-7-18(8-13-20)9-14-21-15-16-22(30-25(28)29)24(27)23(21)26/h15-20,25H,2-14H2,1H3/t17-,18-,19-,20-. The van der Waals surface area contributed by atoms with Crippen molar-refractivity contribution >= 4 is 0 Å². The molecule has 3 rings (SSSR count). The van der Waals surface area contributed by atoms with Crippen LogP contribution < -0.4 is 4.74 Å². The molecule has 0 unspecified atom stereocenters. The van der Waals surface area contributed by atoms with E-state index in [4.69, 9.17) is 0 Å². The Kier molecular flexibility index (Phi) is 8.88. The highest BCUT2D eigenvalue weighted by Crippen LogP contribution is 2.43. The van der Waals surface area contributed by atoms with Gasteiger partial charge in [-0.3, -0.25) is 0 Å². The summed E-state index contributed by atoms with van der Waals surface area (Å²) in [5.41, 5.74) is 0.252. The third-order valence-electron chi connectivity index (χ3n) is 7.58. The third-order valence-corrected chi connectivity index (χ3v) is 7.58. The fourth-order valence-corrected chi connectivity index (χ4v) is 5.70. The van der Waals surface area contributed by atoms with E-state index < -0.39 is 24.0 Å². The van der Waals surface area contributed by atoms with E-state index in [-0.39, 0.29) is 5.56 Å². The maximum Gasteiger partial charge on any atom is 0.387 e. The van der Waals surface area contributed by atoms with E-state index in [0.717, 1.165) is 43.1 Å². The molecule has 0 spiro atoms. The second-order valence-electron chi connectivity index (χ2n) is 9.47. The molecule has 1 nitrogen and oxygen atoms in total. The summed E-state index contributed by atoms with van der Waals surface area (Å²) in [6.07, 6.45) is 15.8. The van der Waals surface area contributed by atoms with Crippen LogP contribution in [-0.2, 0) is 6.42 Å². The number of unbranched alkanes of at least 4 members (excludes halogenated alkanes) is 1. The highest BCUT2D eigenvalue weighted by Gasteiger charge is 2.30. The molecule has 0 aromatic heterocycles. The van der Waals surface area contributed by atoms with Crippen molar-refractivity contribution in [1.82, 2.24) is 0 Å². The van der Waals surface area contributed by atoms with Crippen LogP contribution in [0.5, 0.6) is 5.75 Å². The zero-order valence-corrected chi connectivity index (χ0v) is 18.2. The fraction of sp³-hybridized carbons (Fsp3) is 0.760. The average Bonchev–Trinajstić information content (AvgIpc) is 2.75. The van der Waals surface area contributed by atoms with E-state index in [0.29, 0.717) is 12.3 Å². The third kappa shape index (κ3) is 6.37. The highest BCUT2D eigenvalue weighted by molar-refractivity contribution is 5.31. The lowest BCUT2D eigenvalue weighted by atomic mass is 9.68. The summed E-state index contributed by atoms with van der Waals surface area (Å²) in [6, 6.07) is 2.48. The summed E-state index contributed by atoms with van der Waals surface area (Å²) < 4.78 is 56.6. The SMILES string of the molecule is CCCC[C@H]1CC[C@H]([C@H]2CC[C@H](CCc3ccc(OC(F)F)c(F)c3F)CC2)CC1. The van der Waals surface area contributed by atoms with Gasteiger partial charge >= 0.3 is 6.61 Å². The van der Waals surface area contributed by atoms with Gasteiger partial charge in [0.05, 0.1) is 0 Å². The lowest BCUT2D eigenvalue weighted by Gasteiger charge is -2.38. The summed E-state index contributed by atoms with van der Waals surface area (Å²) in [6.45, 7) is -0.891.